The first-order valence-electron chi connectivity index (χ1n) is 7.06. The lowest BCUT2D eigenvalue weighted by molar-refractivity contribution is -0.287. The molecular formula is C16H10F4O6. The zero-order valence-corrected chi connectivity index (χ0v) is 12.7. The number of carbonyl (C=O) groups is 1. The van der Waals surface area contributed by atoms with Crippen LogP contribution in [-0.4, -0.2) is 24.0 Å². The number of rotatable bonds is 2. The molecule has 2 aliphatic heterocycles. The zero-order valence-electron chi connectivity index (χ0n) is 12.7. The summed E-state index contributed by atoms with van der Waals surface area (Å²) in [5, 5.41) is 8.72. The summed E-state index contributed by atoms with van der Waals surface area (Å²) in [6.45, 7) is -0.220. The highest BCUT2D eigenvalue weighted by atomic mass is 19.3. The summed E-state index contributed by atoms with van der Waals surface area (Å²) in [4.78, 5) is 10.3. The van der Waals surface area contributed by atoms with Crippen molar-refractivity contribution in [1.29, 1.82) is 0 Å². The Kier molecular flexibility index (Phi) is 4.36. The number of aldehydes is 1. The molecule has 26 heavy (non-hydrogen) atoms. The Morgan fingerprint density at radius 1 is 0.808 bits per heavy atom. The first-order chi connectivity index (χ1) is 12.2. The third kappa shape index (κ3) is 3.80. The van der Waals surface area contributed by atoms with Crippen molar-refractivity contribution in [3.8, 4) is 23.0 Å². The van der Waals surface area contributed by atoms with Crippen LogP contribution in [0.15, 0.2) is 36.4 Å². The molecule has 1 N–H and O–H groups in total. The number of fused-ring (bicyclic) bond motifs is 2. The second-order valence-corrected chi connectivity index (χ2v) is 5.10. The van der Waals surface area contributed by atoms with Crippen LogP contribution < -0.4 is 18.9 Å². The molecule has 0 saturated carbocycles. The maximum absolute atomic E-state index is 12.5. The highest BCUT2D eigenvalue weighted by Crippen LogP contribution is 2.41. The lowest BCUT2D eigenvalue weighted by atomic mass is 10.2. The van der Waals surface area contributed by atoms with Crippen LogP contribution in [-0.2, 0) is 6.61 Å². The van der Waals surface area contributed by atoms with E-state index in [1.807, 2.05) is 0 Å². The van der Waals surface area contributed by atoms with Crippen molar-refractivity contribution in [2.24, 2.45) is 0 Å². The molecule has 138 valence electrons. The zero-order chi connectivity index (χ0) is 18.9. The third-order valence-corrected chi connectivity index (χ3v) is 3.21. The molecule has 0 saturated heterocycles. The first kappa shape index (κ1) is 17.8. The highest BCUT2D eigenvalue weighted by molar-refractivity contribution is 5.76. The molecule has 0 unspecified atom stereocenters. The van der Waals surface area contributed by atoms with Crippen LogP contribution in [0.2, 0.25) is 0 Å². The second-order valence-electron chi connectivity index (χ2n) is 5.10. The van der Waals surface area contributed by atoms with Gasteiger partial charge in [-0.05, 0) is 35.9 Å². The average Bonchev–Trinajstić information content (AvgIpc) is 3.05. The first-order valence-corrected chi connectivity index (χ1v) is 7.06. The Balaban J connectivity index is 0.000000151. The maximum Gasteiger partial charge on any atom is 0.586 e. The number of hydrogen-bond acceptors (Lipinski definition) is 6. The van der Waals surface area contributed by atoms with E-state index in [4.69, 9.17) is 5.11 Å². The number of aliphatic hydroxyl groups excluding tert-OH is 1. The topological polar surface area (TPSA) is 74.2 Å². The van der Waals surface area contributed by atoms with Gasteiger partial charge in [0.15, 0.2) is 23.0 Å². The fraction of sp³-hybridized carbons (Fsp3) is 0.188. The Morgan fingerprint density at radius 2 is 1.31 bits per heavy atom. The fourth-order valence-corrected chi connectivity index (χ4v) is 2.13. The summed E-state index contributed by atoms with van der Waals surface area (Å²) < 4.78 is 66.4. The highest BCUT2D eigenvalue weighted by Gasteiger charge is 2.44. The van der Waals surface area contributed by atoms with Crippen LogP contribution in [0.4, 0.5) is 17.6 Å². The van der Waals surface area contributed by atoms with Gasteiger partial charge in [0.2, 0.25) is 0 Å². The van der Waals surface area contributed by atoms with E-state index in [2.05, 4.69) is 18.9 Å². The monoisotopic (exact) mass is 374 g/mol. The van der Waals surface area contributed by atoms with Gasteiger partial charge in [-0.3, -0.25) is 4.79 Å². The van der Waals surface area contributed by atoms with Crippen molar-refractivity contribution in [3.05, 3.63) is 47.5 Å². The molecule has 6 nitrogen and oxygen atoms in total. The molecule has 4 rings (SSSR count). The third-order valence-electron chi connectivity index (χ3n) is 3.21. The molecule has 0 atom stereocenters. The van der Waals surface area contributed by atoms with Gasteiger partial charge in [-0.1, -0.05) is 6.07 Å². The normalized spacial score (nSPS) is 17.3. The smallest absolute Gasteiger partial charge is 0.395 e. The van der Waals surface area contributed by atoms with Crippen molar-refractivity contribution < 1.29 is 46.4 Å². The number of carbonyl (C=O) groups excluding carboxylic acids is 1. The Labute approximate surface area is 143 Å². The maximum atomic E-state index is 12.5. The van der Waals surface area contributed by atoms with E-state index in [0.717, 1.165) is 0 Å². The molecule has 2 aliphatic rings. The van der Waals surface area contributed by atoms with E-state index in [0.29, 0.717) is 11.8 Å². The molecule has 2 aromatic carbocycles. The van der Waals surface area contributed by atoms with E-state index < -0.39 is 12.6 Å². The van der Waals surface area contributed by atoms with Crippen LogP contribution >= 0.6 is 0 Å². The SMILES string of the molecule is O=Cc1ccc2c(c1)OC(F)(F)O2.OCc1ccc2c(c1)OC(F)(F)O2. The molecule has 0 aromatic heterocycles. The quantitative estimate of drug-likeness (QED) is 0.642. The molecule has 10 heteroatoms. The summed E-state index contributed by atoms with van der Waals surface area (Å²) in [6.07, 6.45) is -6.67. The van der Waals surface area contributed by atoms with Gasteiger partial charge in [-0.25, -0.2) is 0 Å². The van der Waals surface area contributed by atoms with Crippen molar-refractivity contribution >= 4 is 6.29 Å². The van der Waals surface area contributed by atoms with Crippen molar-refractivity contribution in [1.82, 2.24) is 0 Å². The molecular weight excluding hydrogens is 364 g/mol. The number of hydrogen-bond donors (Lipinski definition) is 1. The summed E-state index contributed by atoms with van der Waals surface area (Å²) >= 11 is 0. The Hall–Kier alpha value is -3.01. The molecule has 2 aromatic rings. The van der Waals surface area contributed by atoms with Crippen molar-refractivity contribution in [2.45, 2.75) is 19.2 Å². The number of benzene rings is 2. The van der Waals surface area contributed by atoms with Crippen molar-refractivity contribution in [2.75, 3.05) is 0 Å². The van der Waals surface area contributed by atoms with Gasteiger partial charge < -0.3 is 24.1 Å². The van der Waals surface area contributed by atoms with Gasteiger partial charge in [0.05, 0.1) is 6.61 Å². The van der Waals surface area contributed by atoms with Crippen molar-refractivity contribution in [3.63, 3.8) is 0 Å². The number of alkyl halides is 4. The van der Waals surface area contributed by atoms with E-state index in [9.17, 15) is 22.4 Å². The van der Waals surface area contributed by atoms with E-state index >= 15 is 0 Å². The van der Waals surface area contributed by atoms with Crippen LogP contribution in [0.5, 0.6) is 23.0 Å². The second kappa shape index (κ2) is 6.37. The van der Waals surface area contributed by atoms with Gasteiger partial charge in [0.1, 0.15) is 6.29 Å². The predicted octanol–water partition coefficient (Wildman–Crippen LogP) is 3.32. The van der Waals surface area contributed by atoms with Crippen LogP contribution in [0.25, 0.3) is 0 Å². The molecule has 0 fully saturated rings. The summed E-state index contributed by atoms with van der Waals surface area (Å²) in [6, 6.07) is 7.97. The van der Waals surface area contributed by atoms with Gasteiger partial charge in [-0.2, -0.15) is 0 Å². The van der Waals surface area contributed by atoms with E-state index in [-0.39, 0.29) is 35.2 Å². The molecule has 0 bridgehead atoms. The summed E-state index contributed by atoms with van der Waals surface area (Å²) in [5.74, 6) is -0.232. The summed E-state index contributed by atoms with van der Waals surface area (Å²) in [7, 11) is 0. The molecule has 0 amide bonds. The Morgan fingerprint density at radius 3 is 1.85 bits per heavy atom. The molecule has 2 heterocycles. The van der Waals surface area contributed by atoms with E-state index in [1.165, 1.54) is 36.4 Å². The predicted molar refractivity (Wildman–Crippen MR) is 76.6 cm³/mol. The Bertz CT molecular complexity index is 839. The van der Waals surface area contributed by atoms with Gasteiger partial charge in [-0.15, -0.1) is 17.6 Å². The number of halogens is 4. The average molecular weight is 374 g/mol. The minimum atomic E-state index is -3.62. The lowest BCUT2D eigenvalue weighted by Gasteiger charge is -2.04. The van der Waals surface area contributed by atoms with Crippen LogP contribution in [0.3, 0.4) is 0 Å². The molecule has 0 spiro atoms. The molecule has 0 aliphatic carbocycles. The number of aliphatic hydroxyl groups is 1. The lowest BCUT2D eigenvalue weighted by Crippen LogP contribution is -2.25. The molecule has 0 radical (unpaired) electrons. The minimum Gasteiger partial charge on any atom is -0.395 e. The largest absolute Gasteiger partial charge is 0.586 e. The minimum absolute atomic E-state index is 0.0119. The van der Waals surface area contributed by atoms with Gasteiger partial charge in [0, 0.05) is 5.56 Å². The van der Waals surface area contributed by atoms with Crippen LogP contribution in [0, 0.1) is 0 Å². The fourth-order valence-electron chi connectivity index (χ4n) is 2.13. The van der Waals surface area contributed by atoms with E-state index in [1.54, 1.807) is 0 Å². The van der Waals surface area contributed by atoms with Gasteiger partial charge >= 0.3 is 12.6 Å². The number of ether oxygens (including phenoxy) is 4. The summed E-state index contributed by atoms with van der Waals surface area (Å²) in [5.41, 5.74) is 0.764. The van der Waals surface area contributed by atoms with Gasteiger partial charge in [0.25, 0.3) is 0 Å². The standard InChI is InChI=1S/C8H6F2O3.C8H4F2O3/c2*9-8(10)12-6-2-1-5(4-11)3-7(6)13-8/h1-3,11H,4H2;1-4H. The van der Waals surface area contributed by atoms with Crippen LogP contribution in [0.1, 0.15) is 15.9 Å².